The van der Waals surface area contributed by atoms with Gasteiger partial charge in [-0.15, -0.1) is 6.58 Å². The van der Waals surface area contributed by atoms with Crippen LogP contribution >= 0.6 is 15.9 Å². The molecule has 100 valence electrons. The van der Waals surface area contributed by atoms with E-state index in [0.29, 0.717) is 22.3 Å². The fourth-order valence-electron chi connectivity index (χ4n) is 1.48. The van der Waals surface area contributed by atoms with E-state index in [4.69, 9.17) is 5.73 Å². The van der Waals surface area contributed by atoms with E-state index in [1.807, 2.05) is 0 Å². The Balaban J connectivity index is 2.94. The largest absolute Gasteiger partial charge is 0.398 e. The van der Waals surface area contributed by atoms with Gasteiger partial charge in [0.15, 0.2) is 0 Å². The second kappa shape index (κ2) is 6.36. The molecule has 0 aliphatic rings. The number of nitrogen functional groups attached to an aromatic ring is 1. The quantitative estimate of drug-likeness (QED) is 0.477. The molecule has 0 unspecified atom stereocenters. The lowest BCUT2D eigenvalue weighted by Gasteiger charge is -2.11. The number of sulfonamides is 1. The molecule has 0 aliphatic heterocycles. The number of hydrogen-bond acceptors (Lipinski definition) is 3. The number of benzene rings is 1. The van der Waals surface area contributed by atoms with E-state index in [1.54, 1.807) is 25.1 Å². The summed E-state index contributed by atoms with van der Waals surface area (Å²) in [7, 11) is -3.51. The maximum atomic E-state index is 12.1. The van der Waals surface area contributed by atoms with Crippen molar-refractivity contribution < 1.29 is 8.42 Å². The van der Waals surface area contributed by atoms with E-state index < -0.39 is 10.0 Å². The van der Waals surface area contributed by atoms with E-state index in [2.05, 4.69) is 27.2 Å². The molecule has 0 aliphatic carbocycles. The molecule has 1 rings (SSSR count). The summed E-state index contributed by atoms with van der Waals surface area (Å²) >= 11 is 3.25. The van der Waals surface area contributed by atoms with E-state index in [1.165, 1.54) is 0 Å². The van der Waals surface area contributed by atoms with Gasteiger partial charge < -0.3 is 5.73 Å². The number of nitrogens with two attached hydrogens (primary N) is 1. The zero-order valence-electron chi connectivity index (χ0n) is 10.2. The SMILES string of the molecule is C=CCCCNS(=O)(=O)c1cc(Br)cc(N)c1C. The molecule has 0 saturated carbocycles. The second-order valence-electron chi connectivity index (χ2n) is 3.95. The molecule has 0 amide bonds. The first-order valence-electron chi connectivity index (χ1n) is 5.54. The van der Waals surface area contributed by atoms with E-state index in [-0.39, 0.29) is 4.90 Å². The Kier molecular flexibility index (Phi) is 5.37. The topological polar surface area (TPSA) is 72.2 Å². The molecule has 0 spiro atoms. The van der Waals surface area contributed by atoms with Crippen molar-refractivity contribution >= 4 is 31.6 Å². The number of halogens is 1. The first kappa shape index (κ1) is 15.2. The molecule has 0 saturated heterocycles. The Morgan fingerprint density at radius 3 is 2.78 bits per heavy atom. The zero-order chi connectivity index (χ0) is 13.8. The minimum Gasteiger partial charge on any atom is -0.398 e. The van der Waals surface area contributed by atoms with Crippen molar-refractivity contribution in [3.8, 4) is 0 Å². The van der Waals surface area contributed by atoms with Crippen molar-refractivity contribution in [2.75, 3.05) is 12.3 Å². The van der Waals surface area contributed by atoms with Crippen LogP contribution in [0.2, 0.25) is 0 Å². The van der Waals surface area contributed by atoms with Crippen LogP contribution in [0.15, 0.2) is 34.2 Å². The Morgan fingerprint density at radius 1 is 1.50 bits per heavy atom. The van der Waals surface area contributed by atoms with Crippen LogP contribution in [0.5, 0.6) is 0 Å². The Bertz CT molecular complexity index is 541. The summed E-state index contributed by atoms with van der Waals surface area (Å²) in [6.07, 6.45) is 3.27. The molecule has 3 N–H and O–H groups in total. The van der Waals surface area contributed by atoms with Crippen LogP contribution in [0.1, 0.15) is 18.4 Å². The number of unbranched alkanes of at least 4 members (excludes halogenated alkanes) is 1. The van der Waals surface area contributed by atoms with Gasteiger partial charge in [-0.25, -0.2) is 13.1 Å². The second-order valence-corrected chi connectivity index (χ2v) is 6.60. The molecule has 0 fully saturated rings. The summed E-state index contributed by atoms with van der Waals surface area (Å²) in [6, 6.07) is 3.24. The van der Waals surface area contributed by atoms with Crippen molar-refractivity contribution in [2.45, 2.75) is 24.7 Å². The average molecular weight is 333 g/mol. The molecule has 0 heterocycles. The molecular weight excluding hydrogens is 316 g/mol. The van der Waals surface area contributed by atoms with Crippen LogP contribution in [-0.4, -0.2) is 15.0 Å². The van der Waals surface area contributed by atoms with Gasteiger partial charge in [0.25, 0.3) is 0 Å². The van der Waals surface area contributed by atoms with Gasteiger partial charge in [0.2, 0.25) is 10.0 Å². The van der Waals surface area contributed by atoms with Crippen LogP contribution in [0.25, 0.3) is 0 Å². The van der Waals surface area contributed by atoms with Crippen molar-refractivity contribution in [3.05, 3.63) is 34.8 Å². The summed E-state index contributed by atoms with van der Waals surface area (Å²) in [6.45, 7) is 5.67. The first-order valence-corrected chi connectivity index (χ1v) is 7.82. The normalized spacial score (nSPS) is 11.4. The number of nitrogens with one attached hydrogen (secondary N) is 1. The van der Waals surface area contributed by atoms with Crippen LogP contribution in [0, 0.1) is 6.92 Å². The third-order valence-electron chi connectivity index (χ3n) is 2.53. The molecule has 1 aromatic rings. The van der Waals surface area contributed by atoms with E-state index in [9.17, 15) is 8.42 Å². The lowest BCUT2D eigenvalue weighted by atomic mass is 10.2. The molecule has 0 aromatic heterocycles. The summed E-state index contributed by atoms with van der Waals surface area (Å²) in [5, 5.41) is 0. The number of hydrogen-bond donors (Lipinski definition) is 2. The summed E-state index contributed by atoms with van der Waals surface area (Å²) < 4.78 is 27.4. The fourth-order valence-corrected chi connectivity index (χ4v) is 3.48. The minimum atomic E-state index is -3.51. The predicted molar refractivity (Wildman–Crippen MR) is 77.9 cm³/mol. The van der Waals surface area contributed by atoms with Gasteiger partial charge in [0.1, 0.15) is 0 Å². The van der Waals surface area contributed by atoms with Gasteiger partial charge >= 0.3 is 0 Å². The lowest BCUT2D eigenvalue weighted by molar-refractivity contribution is 0.579. The summed E-state index contributed by atoms with van der Waals surface area (Å²) in [5.41, 5.74) is 6.78. The standard InChI is InChI=1S/C12H17BrN2O2S/c1-3-4-5-6-15-18(16,17)12-8-10(13)7-11(14)9(12)2/h3,7-8,15H,1,4-6,14H2,2H3. The lowest BCUT2D eigenvalue weighted by Crippen LogP contribution is -2.25. The van der Waals surface area contributed by atoms with Gasteiger partial charge in [0, 0.05) is 16.7 Å². The zero-order valence-corrected chi connectivity index (χ0v) is 12.6. The molecular formula is C12H17BrN2O2S. The van der Waals surface area contributed by atoms with Crippen LogP contribution in [0.4, 0.5) is 5.69 Å². The van der Waals surface area contributed by atoms with E-state index in [0.717, 1.165) is 12.8 Å². The number of rotatable bonds is 6. The van der Waals surface area contributed by atoms with Gasteiger partial charge in [-0.2, -0.15) is 0 Å². The van der Waals surface area contributed by atoms with Crippen molar-refractivity contribution in [1.82, 2.24) is 4.72 Å². The highest BCUT2D eigenvalue weighted by Gasteiger charge is 2.18. The number of anilines is 1. The summed E-state index contributed by atoms with van der Waals surface area (Å²) in [5.74, 6) is 0. The molecule has 6 heteroatoms. The Labute approximate surface area is 116 Å². The van der Waals surface area contributed by atoms with Crippen molar-refractivity contribution in [2.24, 2.45) is 0 Å². The monoisotopic (exact) mass is 332 g/mol. The van der Waals surface area contributed by atoms with Crippen LogP contribution in [-0.2, 0) is 10.0 Å². The number of allylic oxidation sites excluding steroid dienone is 1. The minimum absolute atomic E-state index is 0.216. The van der Waals surface area contributed by atoms with Gasteiger partial charge in [0.05, 0.1) is 4.90 Å². The molecule has 1 aromatic carbocycles. The molecule has 0 bridgehead atoms. The fraction of sp³-hybridized carbons (Fsp3) is 0.333. The smallest absolute Gasteiger partial charge is 0.240 e. The van der Waals surface area contributed by atoms with Gasteiger partial charge in [-0.1, -0.05) is 22.0 Å². The highest BCUT2D eigenvalue weighted by molar-refractivity contribution is 9.10. The van der Waals surface area contributed by atoms with Gasteiger partial charge in [-0.3, -0.25) is 0 Å². The van der Waals surface area contributed by atoms with Crippen molar-refractivity contribution in [1.29, 1.82) is 0 Å². The molecule has 4 nitrogen and oxygen atoms in total. The maximum Gasteiger partial charge on any atom is 0.240 e. The predicted octanol–water partition coefficient (Wildman–Crippen LogP) is 2.58. The molecule has 0 atom stereocenters. The summed E-state index contributed by atoms with van der Waals surface area (Å²) in [4.78, 5) is 0.216. The van der Waals surface area contributed by atoms with Crippen LogP contribution in [0.3, 0.4) is 0 Å². The maximum absolute atomic E-state index is 12.1. The third-order valence-corrected chi connectivity index (χ3v) is 4.58. The molecule has 18 heavy (non-hydrogen) atoms. The molecule has 0 radical (unpaired) electrons. The van der Waals surface area contributed by atoms with E-state index >= 15 is 0 Å². The van der Waals surface area contributed by atoms with Crippen LogP contribution < -0.4 is 10.5 Å². The highest BCUT2D eigenvalue weighted by Crippen LogP contribution is 2.26. The highest BCUT2D eigenvalue weighted by atomic mass is 79.9. The average Bonchev–Trinajstić information content (AvgIpc) is 2.29. The Hall–Kier alpha value is -0.850. The third kappa shape index (κ3) is 3.83. The first-order chi connectivity index (χ1) is 8.38. The Morgan fingerprint density at radius 2 is 2.17 bits per heavy atom. The van der Waals surface area contributed by atoms with Crippen molar-refractivity contribution in [3.63, 3.8) is 0 Å². The van der Waals surface area contributed by atoms with Gasteiger partial charge in [-0.05, 0) is 37.5 Å².